The lowest BCUT2D eigenvalue weighted by Gasteiger charge is -2.31. The van der Waals surface area contributed by atoms with Crippen LogP contribution in [0.2, 0.25) is 0 Å². The molecule has 2 N–H and O–H groups in total. The van der Waals surface area contributed by atoms with Gasteiger partial charge in [-0.1, -0.05) is 12.8 Å². The number of hydrogen-bond acceptors (Lipinski definition) is 4. The van der Waals surface area contributed by atoms with Gasteiger partial charge in [0.25, 0.3) is 0 Å². The average Bonchev–Trinajstić information content (AvgIpc) is 2.31. The van der Waals surface area contributed by atoms with Crippen molar-refractivity contribution in [1.82, 2.24) is 10.2 Å². The molecular formula is C11H17N3O. The summed E-state index contributed by atoms with van der Waals surface area (Å²) in [5, 5.41) is 20.4. The van der Waals surface area contributed by atoms with E-state index >= 15 is 0 Å². The minimum Gasteiger partial charge on any atom is -0.396 e. The Balaban J connectivity index is 1.97. The number of rotatable bonds is 3. The molecule has 0 radical (unpaired) electrons. The Morgan fingerprint density at radius 1 is 1.40 bits per heavy atom. The van der Waals surface area contributed by atoms with Gasteiger partial charge in [0.05, 0.1) is 0 Å². The molecule has 0 aliphatic heterocycles. The third-order valence-electron chi connectivity index (χ3n) is 3.05. The Kier molecular flexibility index (Phi) is 3.50. The molecule has 1 heterocycles. The van der Waals surface area contributed by atoms with Gasteiger partial charge < -0.3 is 10.4 Å². The zero-order chi connectivity index (χ0) is 10.5. The molecule has 82 valence electrons. The Labute approximate surface area is 89.7 Å². The average molecular weight is 207 g/mol. The lowest BCUT2D eigenvalue weighted by molar-refractivity contribution is 0.178. The second-order valence-electron chi connectivity index (χ2n) is 4.09. The standard InChI is InChI=1S/C11H17N3O/c15-8-9-4-1-2-5-10(9)13-11-6-3-7-12-14-11/h3,6-7,9-10,15H,1-2,4-5,8H2,(H,13,14). The van der Waals surface area contributed by atoms with E-state index in [4.69, 9.17) is 0 Å². The fourth-order valence-electron chi connectivity index (χ4n) is 2.18. The van der Waals surface area contributed by atoms with Crippen LogP contribution in [0.4, 0.5) is 5.82 Å². The van der Waals surface area contributed by atoms with Crippen molar-refractivity contribution in [3.8, 4) is 0 Å². The number of anilines is 1. The molecule has 0 amide bonds. The quantitative estimate of drug-likeness (QED) is 0.787. The molecule has 2 atom stereocenters. The zero-order valence-corrected chi connectivity index (χ0v) is 8.76. The first-order chi connectivity index (χ1) is 7.40. The molecule has 1 aromatic heterocycles. The van der Waals surface area contributed by atoms with E-state index in [2.05, 4.69) is 15.5 Å². The predicted octanol–water partition coefficient (Wildman–Crippen LogP) is 1.44. The highest BCUT2D eigenvalue weighted by atomic mass is 16.3. The van der Waals surface area contributed by atoms with Gasteiger partial charge in [-0.25, -0.2) is 0 Å². The Morgan fingerprint density at radius 3 is 3.00 bits per heavy atom. The highest BCUT2D eigenvalue weighted by molar-refractivity contribution is 5.33. The summed E-state index contributed by atoms with van der Waals surface area (Å²) in [7, 11) is 0. The van der Waals surface area contributed by atoms with Crippen molar-refractivity contribution in [1.29, 1.82) is 0 Å². The van der Waals surface area contributed by atoms with Crippen LogP contribution in [0.15, 0.2) is 18.3 Å². The van der Waals surface area contributed by atoms with Crippen LogP contribution >= 0.6 is 0 Å². The van der Waals surface area contributed by atoms with Crippen molar-refractivity contribution in [3.05, 3.63) is 18.3 Å². The molecule has 0 saturated heterocycles. The Hall–Kier alpha value is -1.16. The van der Waals surface area contributed by atoms with Gasteiger partial charge in [0.15, 0.2) is 0 Å². The fourth-order valence-corrected chi connectivity index (χ4v) is 2.18. The molecule has 4 nitrogen and oxygen atoms in total. The molecule has 1 fully saturated rings. The largest absolute Gasteiger partial charge is 0.396 e. The molecule has 2 rings (SSSR count). The van der Waals surface area contributed by atoms with E-state index in [1.165, 1.54) is 12.8 Å². The molecule has 4 heteroatoms. The van der Waals surface area contributed by atoms with E-state index in [-0.39, 0.29) is 6.61 Å². The number of aliphatic hydroxyl groups excluding tert-OH is 1. The van der Waals surface area contributed by atoms with Gasteiger partial charge in [0, 0.05) is 24.8 Å². The van der Waals surface area contributed by atoms with E-state index in [1.807, 2.05) is 12.1 Å². The van der Waals surface area contributed by atoms with E-state index in [0.29, 0.717) is 12.0 Å². The highest BCUT2D eigenvalue weighted by Gasteiger charge is 2.24. The van der Waals surface area contributed by atoms with E-state index < -0.39 is 0 Å². The Bertz CT molecular complexity index is 291. The molecule has 0 spiro atoms. The number of aromatic nitrogens is 2. The first-order valence-electron chi connectivity index (χ1n) is 5.55. The zero-order valence-electron chi connectivity index (χ0n) is 8.76. The summed E-state index contributed by atoms with van der Waals surface area (Å²) in [6.07, 6.45) is 6.34. The maximum Gasteiger partial charge on any atom is 0.148 e. The molecule has 1 aliphatic rings. The first-order valence-corrected chi connectivity index (χ1v) is 5.55. The predicted molar refractivity (Wildman–Crippen MR) is 58.5 cm³/mol. The molecule has 1 saturated carbocycles. The van der Waals surface area contributed by atoms with Gasteiger partial charge in [-0.15, -0.1) is 5.10 Å². The summed E-state index contributed by atoms with van der Waals surface area (Å²) in [6, 6.07) is 4.13. The normalized spacial score (nSPS) is 26.2. The summed E-state index contributed by atoms with van der Waals surface area (Å²) in [5.41, 5.74) is 0. The van der Waals surface area contributed by atoms with Crippen molar-refractivity contribution in [2.75, 3.05) is 11.9 Å². The third-order valence-corrected chi connectivity index (χ3v) is 3.05. The first kappa shape index (κ1) is 10.4. The minimum absolute atomic E-state index is 0.262. The van der Waals surface area contributed by atoms with Crippen molar-refractivity contribution in [2.24, 2.45) is 5.92 Å². The fraction of sp³-hybridized carbons (Fsp3) is 0.636. The van der Waals surface area contributed by atoms with Crippen LogP contribution < -0.4 is 5.32 Å². The molecular weight excluding hydrogens is 190 g/mol. The highest BCUT2D eigenvalue weighted by Crippen LogP contribution is 2.26. The maximum absolute atomic E-state index is 9.26. The smallest absolute Gasteiger partial charge is 0.148 e. The minimum atomic E-state index is 0.262. The molecule has 0 aromatic carbocycles. The van der Waals surface area contributed by atoms with Crippen LogP contribution in [-0.2, 0) is 0 Å². The van der Waals surface area contributed by atoms with Gasteiger partial charge in [0.1, 0.15) is 5.82 Å². The van der Waals surface area contributed by atoms with Crippen molar-refractivity contribution < 1.29 is 5.11 Å². The molecule has 1 aliphatic carbocycles. The monoisotopic (exact) mass is 207 g/mol. The van der Waals surface area contributed by atoms with Crippen LogP contribution in [0.3, 0.4) is 0 Å². The number of nitrogens with zero attached hydrogens (tertiary/aromatic N) is 2. The maximum atomic E-state index is 9.26. The summed E-state index contributed by atoms with van der Waals surface area (Å²) in [4.78, 5) is 0. The number of hydrogen-bond donors (Lipinski definition) is 2. The van der Waals surface area contributed by atoms with Crippen molar-refractivity contribution >= 4 is 5.82 Å². The van der Waals surface area contributed by atoms with E-state index in [0.717, 1.165) is 18.7 Å². The van der Waals surface area contributed by atoms with E-state index in [9.17, 15) is 5.11 Å². The van der Waals surface area contributed by atoms with Crippen LogP contribution in [-0.4, -0.2) is 28.0 Å². The van der Waals surface area contributed by atoms with Crippen LogP contribution in [0.25, 0.3) is 0 Å². The summed E-state index contributed by atoms with van der Waals surface area (Å²) < 4.78 is 0. The van der Waals surface area contributed by atoms with Gasteiger partial charge in [-0.2, -0.15) is 5.10 Å². The second-order valence-corrected chi connectivity index (χ2v) is 4.09. The van der Waals surface area contributed by atoms with Gasteiger partial charge in [-0.05, 0) is 25.0 Å². The third kappa shape index (κ3) is 2.65. The summed E-state index contributed by atoms with van der Waals surface area (Å²) in [6.45, 7) is 0.262. The van der Waals surface area contributed by atoms with Crippen LogP contribution in [0, 0.1) is 5.92 Å². The second kappa shape index (κ2) is 5.07. The number of nitrogens with one attached hydrogen (secondary N) is 1. The van der Waals surface area contributed by atoms with Crippen molar-refractivity contribution in [2.45, 2.75) is 31.7 Å². The molecule has 2 unspecified atom stereocenters. The molecule has 1 aromatic rings. The van der Waals surface area contributed by atoms with E-state index in [1.54, 1.807) is 6.20 Å². The lowest BCUT2D eigenvalue weighted by Crippen LogP contribution is -2.34. The molecule has 0 bridgehead atoms. The van der Waals surface area contributed by atoms with Crippen LogP contribution in [0.1, 0.15) is 25.7 Å². The lowest BCUT2D eigenvalue weighted by atomic mass is 9.85. The molecule has 15 heavy (non-hydrogen) atoms. The van der Waals surface area contributed by atoms with Crippen LogP contribution in [0.5, 0.6) is 0 Å². The van der Waals surface area contributed by atoms with Gasteiger partial charge in [-0.3, -0.25) is 0 Å². The van der Waals surface area contributed by atoms with Gasteiger partial charge >= 0.3 is 0 Å². The SMILES string of the molecule is OCC1CCCCC1Nc1cccnn1. The van der Waals surface area contributed by atoms with Gasteiger partial charge in [0.2, 0.25) is 0 Å². The number of aliphatic hydroxyl groups is 1. The topological polar surface area (TPSA) is 58.0 Å². The summed E-state index contributed by atoms with van der Waals surface area (Å²) in [5.74, 6) is 1.17. The Morgan fingerprint density at radius 2 is 2.27 bits per heavy atom. The summed E-state index contributed by atoms with van der Waals surface area (Å²) >= 11 is 0. The van der Waals surface area contributed by atoms with Crippen molar-refractivity contribution in [3.63, 3.8) is 0 Å².